The number of ether oxygens (including phenoxy) is 3. The van der Waals surface area contributed by atoms with Crippen molar-refractivity contribution in [2.24, 2.45) is 16.5 Å². The number of hydrogen-bond acceptors (Lipinski definition) is 8. The summed E-state index contributed by atoms with van der Waals surface area (Å²) in [4.78, 5) is 43.3. The Morgan fingerprint density at radius 2 is 1.66 bits per heavy atom. The molecule has 0 aliphatic heterocycles. The molecule has 2 amide bonds. The van der Waals surface area contributed by atoms with Crippen molar-refractivity contribution in [3.63, 3.8) is 0 Å². The minimum Gasteiger partial charge on any atom is -0.497 e. The maximum absolute atomic E-state index is 13.3. The predicted molar refractivity (Wildman–Crippen MR) is 141 cm³/mol. The Kier molecular flexibility index (Phi) is 11.2. The third-order valence-electron chi connectivity index (χ3n) is 5.46. The van der Waals surface area contributed by atoms with Crippen molar-refractivity contribution in [3.05, 3.63) is 53.1 Å². The van der Waals surface area contributed by atoms with E-state index in [9.17, 15) is 19.5 Å². The van der Waals surface area contributed by atoms with Crippen molar-refractivity contribution in [1.29, 1.82) is 0 Å². The Hall–Kier alpha value is -4.03. The van der Waals surface area contributed by atoms with Crippen LogP contribution in [-0.4, -0.2) is 66.8 Å². The van der Waals surface area contributed by atoms with Crippen LogP contribution in [0.2, 0.25) is 5.02 Å². The van der Waals surface area contributed by atoms with Crippen molar-refractivity contribution in [3.8, 4) is 17.2 Å². The summed E-state index contributed by atoms with van der Waals surface area (Å²) in [5.41, 5.74) is 9.20. The summed E-state index contributed by atoms with van der Waals surface area (Å²) in [5, 5.41) is 13.8. The first-order valence-electron chi connectivity index (χ1n) is 11.5. The van der Waals surface area contributed by atoms with Crippen LogP contribution in [0.15, 0.2) is 47.5 Å². The molecule has 13 heteroatoms. The Bertz CT molecular complexity index is 1130. The standard InChI is InChI=1S/C25H32ClN5O7/c1-16(32)31(22(33)15-38-19-7-5-18(26)6-8-19)25(23(34)35,9-4-10-29-24(27)28)30-14-17-11-20(36-2)13-21(12-17)37-3/h5-8,11-13,30H,4,9-10,14-15H2,1-3H3,(H,34,35)(H4,27,28,29)/t25-/m0/s1. The summed E-state index contributed by atoms with van der Waals surface area (Å²) in [7, 11) is 2.96. The van der Waals surface area contributed by atoms with E-state index in [0.29, 0.717) is 32.7 Å². The maximum atomic E-state index is 13.3. The van der Waals surface area contributed by atoms with Crippen molar-refractivity contribution in [2.45, 2.75) is 32.0 Å². The van der Waals surface area contributed by atoms with E-state index in [4.69, 9.17) is 37.3 Å². The number of carboxylic acid groups (broad SMARTS) is 1. The zero-order chi connectivity index (χ0) is 28.3. The van der Waals surface area contributed by atoms with E-state index < -0.39 is 30.1 Å². The fourth-order valence-electron chi connectivity index (χ4n) is 3.71. The number of carboxylic acids is 1. The van der Waals surface area contributed by atoms with Crippen molar-refractivity contribution >= 4 is 35.3 Å². The molecule has 206 valence electrons. The molecule has 38 heavy (non-hydrogen) atoms. The van der Waals surface area contributed by atoms with Gasteiger partial charge in [0, 0.05) is 31.1 Å². The van der Waals surface area contributed by atoms with Crippen LogP contribution in [0, 0.1) is 0 Å². The Morgan fingerprint density at radius 1 is 1.05 bits per heavy atom. The lowest BCUT2D eigenvalue weighted by Crippen LogP contribution is -2.67. The lowest BCUT2D eigenvalue weighted by molar-refractivity contribution is -0.170. The van der Waals surface area contributed by atoms with Gasteiger partial charge in [-0.2, -0.15) is 0 Å². The molecule has 0 fully saturated rings. The number of imide groups is 1. The summed E-state index contributed by atoms with van der Waals surface area (Å²) >= 11 is 5.87. The predicted octanol–water partition coefficient (Wildman–Crippen LogP) is 1.74. The molecule has 1 atom stereocenters. The van der Waals surface area contributed by atoms with Crippen LogP contribution >= 0.6 is 11.6 Å². The van der Waals surface area contributed by atoms with Gasteiger partial charge in [-0.25, -0.2) is 9.69 Å². The van der Waals surface area contributed by atoms with Gasteiger partial charge in [-0.3, -0.25) is 19.9 Å². The van der Waals surface area contributed by atoms with E-state index in [1.54, 1.807) is 42.5 Å². The van der Waals surface area contributed by atoms with Gasteiger partial charge >= 0.3 is 5.97 Å². The number of methoxy groups -OCH3 is 2. The fourth-order valence-corrected chi connectivity index (χ4v) is 3.84. The highest BCUT2D eigenvalue weighted by molar-refractivity contribution is 6.30. The fraction of sp³-hybridized carbons (Fsp3) is 0.360. The van der Waals surface area contributed by atoms with Crippen LogP contribution in [0.25, 0.3) is 0 Å². The second-order valence-corrected chi connectivity index (χ2v) is 8.58. The van der Waals surface area contributed by atoms with Gasteiger partial charge in [0.15, 0.2) is 18.2 Å². The number of guanidine groups is 1. The number of carbonyl (C=O) groups excluding carboxylic acids is 2. The van der Waals surface area contributed by atoms with E-state index >= 15 is 0 Å². The first-order valence-corrected chi connectivity index (χ1v) is 11.9. The SMILES string of the molecule is COc1cc(CN[C@](CCCN=C(N)N)(C(=O)O)N(C(C)=O)C(=O)COc2ccc(Cl)cc2)cc(OC)c1. The quantitative estimate of drug-likeness (QED) is 0.117. The molecule has 0 aliphatic carbocycles. The number of nitrogens with one attached hydrogen (secondary N) is 1. The van der Waals surface area contributed by atoms with Gasteiger partial charge in [-0.1, -0.05) is 11.6 Å². The normalized spacial score (nSPS) is 12.1. The van der Waals surface area contributed by atoms with Crippen LogP contribution in [0.3, 0.4) is 0 Å². The number of aliphatic imine (C=N–C) groups is 1. The van der Waals surface area contributed by atoms with Crippen molar-refractivity contribution < 1.29 is 33.7 Å². The summed E-state index contributed by atoms with van der Waals surface area (Å²) in [6, 6.07) is 11.2. The average Bonchev–Trinajstić information content (AvgIpc) is 2.88. The highest BCUT2D eigenvalue weighted by atomic mass is 35.5. The number of nitrogens with two attached hydrogens (primary N) is 2. The van der Waals surface area contributed by atoms with Crippen molar-refractivity contribution in [2.75, 3.05) is 27.4 Å². The molecule has 2 aromatic carbocycles. The Labute approximate surface area is 225 Å². The zero-order valence-electron chi connectivity index (χ0n) is 21.4. The van der Waals surface area contributed by atoms with E-state index in [2.05, 4.69) is 10.3 Å². The minimum absolute atomic E-state index is 0.0583. The van der Waals surface area contributed by atoms with Gasteiger partial charge in [-0.15, -0.1) is 0 Å². The number of nitrogens with zero attached hydrogens (tertiary/aromatic N) is 2. The molecule has 12 nitrogen and oxygen atoms in total. The molecular formula is C25H32ClN5O7. The third kappa shape index (κ3) is 8.25. The van der Waals surface area contributed by atoms with Gasteiger partial charge < -0.3 is 30.8 Å². The van der Waals surface area contributed by atoms with Crippen LogP contribution in [0.4, 0.5) is 0 Å². The summed E-state index contributed by atoms with van der Waals surface area (Å²) in [5.74, 6) is -2.01. The molecule has 0 radical (unpaired) electrons. The smallest absolute Gasteiger partial charge is 0.345 e. The summed E-state index contributed by atoms with van der Waals surface area (Å²) in [6.07, 6.45) is -0.0692. The largest absolute Gasteiger partial charge is 0.497 e. The Balaban J connectivity index is 2.41. The molecule has 0 heterocycles. The van der Waals surface area contributed by atoms with Crippen LogP contribution in [0.5, 0.6) is 17.2 Å². The van der Waals surface area contributed by atoms with Crippen molar-refractivity contribution in [1.82, 2.24) is 10.2 Å². The van der Waals surface area contributed by atoms with Crippen LogP contribution in [-0.2, 0) is 20.9 Å². The lowest BCUT2D eigenvalue weighted by atomic mass is 9.99. The highest BCUT2D eigenvalue weighted by Gasteiger charge is 2.48. The number of carbonyl (C=O) groups is 3. The molecule has 0 saturated carbocycles. The van der Waals surface area contributed by atoms with E-state index in [-0.39, 0.29) is 31.9 Å². The second kappa shape index (κ2) is 14.1. The number of hydrogen-bond donors (Lipinski definition) is 4. The summed E-state index contributed by atoms with van der Waals surface area (Å²) < 4.78 is 16.1. The molecule has 0 bridgehead atoms. The Morgan fingerprint density at radius 3 is 2.16 bits per heavy atom. The number of benzene rings is 2. The van der Waals surface area contributed by atoms with E-state index in [1.165, 1.54) is 14.2 Å². The van der Waals surface area contributed by atoms with Gasteiger partial charge in [0.05, 0.1) is 14.2 Å². The monoisotopic (exact) mass is 549 g/mol. The third-order valence-corrected chi connectivity index (χ3v) is 5.72. The molecule has 2 rings (SSSR count). The van der Waals surface area contributed by atoms with Crippen LogP contribution < -0.4 is 31.0 Å². The molecule has 6 N–H and O–H groups in total. The molecular weight excluding hydrogens is 518 g/mol. The second-order valence-electron chi connectivity index (χ2n) is 8.14. The minimum atomic E-state index is -2.15. The molecule has 0 saturated heterocycles. The first-order chi connectivity index (χ1) is 18.0. The molecule has 2 aromatic rings. The molecule has 0 aliphatic rings. The van der Waals surface area contributed by atoms with Gasteiger partial charge in [0.2, 0.25) is 5.91 Å². The lowest BCUT2D eigenvalue weighted by Gasteiger charge is -2.39. The molecule has 0 unspecified atom stereocenters. The van der Waals surface area contributed by atoms with Gasteiger partial charge in [0.25, 0.3) is 5.91 Å². The molecule has 0 aromatic heterocycles. The number of aliphatic carboxylic acids is 1. The number of amides is 2. The zero-order valence-corrected chi connectivity index (χ0v) is 22.2. The van der Waals surface area contributed by atoms with E-state index in [0.717, 1.165) is 6.92 Å². The van der Waals surface area contributed by atoms with Gasteiger partial charge in [0.1, 0.15) is 17.2 Å². The maximum Gasteiger partial charge on any atom is 0.345 e. The summed E-state index contributed by atoms with van der Waals surface area (Å²) in [6.45, 7) is 0.521. The number of rotatable bonds is 14. The first kappa shape index (κ1) is 30.2. The average molecular weight is 550 g/mol. The molecule has 0 spiro atoms. The highest BCUT2D eigenvalue weighted by Crippen LogP contribution is 2.26. The topological polar surface area (TPSA) is 179 Å². The van der Waals surface area contributed by atoms with Crippen LogP contribution in [0.1, 0.15) is 25.3 Å². The van der Waals surface area contributed by atoms with Gasteiger partial charge in [-0.05, 0) is 54.8 Å². The van der Waals surface area contributed by atoms with E-state index in [1.807, 2.05) is 0 Å². The number of halogens is 1.